The van der Waals surface area contributed by atoms with Gasteiger partial charge in [0.05, 0.1) is 17.1 Å². The number of aryl methyl sites for hydroxylation is 1. The van der Waals surface area contributed by atoms with Gasteiger partial charge in [-0.2, -0.15) is 0 Å². The molecule has 1 amide bonds. The van der Waals surface area contributed by atoms with Crippen LogP contribution in [0.1, 0.15) is 22.3 Å². The summed E-state index contributed by atoms with van der Waals surface area (Å²) in [5, 5.41) is 5.76. The molecule has 1 saturated heterocycles. The molecule has 3 rings (SSSR count). The molecule has 2 N–H and O–H groups in total. The minimum Gasteiger partial charge on any atom is -0.350 e. The van der Waals surface area contributed by atoms with E-state index < -0.39 is 9.84 Å². The van der Waals surface area contributed by atoms with E-state index in [1.807, 2.05) is 31.2 Å². The van der Waals surface area contributed by atoms with E-state index in [9.17, 15) is 13.2 Å². The predicted octanol–water partition coefficient (Wildman–Crippen LogP) is 1.64. The summed E-state index contributed by atoms with van der Waals surface area (Å²) in [7, 11) is -2.96. The van der Waals surface area contributed by atoms with Gasteiger partial charge in [-0.25, -0.2) is 18.4 Å². The van der Waals surface area contributed by atoms with Crippen molar-refractivity contribution in [1.82, 2.24) is 9.97 Å². The van der Waals surface area contributed by atoms with Crippen LogP contribution >= 0.6 is 0 Å². The molecule has 2 aromatic rings. The minimum absolute atomic E-state index is 0.0893. The van der Waals surface area contributed by atoms with Gasteiger partial charge in [0, 0.05) is 24.1 Å². The van der Waals surface area contributed by atoms with Gasteiger partial charge >= 0.3 is 0 Å². The lowest BCUT2D eigenvalue weighted by Crippen LogP contribution is -2.22. The number of sulfone groups is 1. The molecule has 126 valence electrons. The average molecular weight is 346 g/mol. The van der Waals surface area contributed by atoms with Gasteiger partial charge in [0.25, 0.3) is 5.91 Å². The van der Waals surface area contributed by atoms with Crippen LogP contribution in [0.15, 0.2) is 36.7 Å². The van der Waals surface area contributed by atoms with E-state index in [1.165, 1.54) is 12.4 Å². The smallest absolute Gasteiger partial charge is 0.258 e. The second-order valence-corrected chi connectivity index (χ2v) is 8.09. The second kappa shape index (κ2) is 6.56. The Kier molecular flexibility index (Phi) is 4.48. The molecule has 7 nitrogen and oxygen atoms in total. The Labute approximate surface area is 140 Å². The molecule has 0 aliphatic carbocycles. The fraction of sp³-hybridized carbons (Fsp3) is 0.312. The van der Waals surface area contributed by atoms with Gasteiger partial charge in [-0.05, 0) is 25.5 Å². The highest BCUT2D eigenvalue weighted by Crippen LogP contribution is 2.15. The van der Waals surface area contributed by atoms with E-state index in [-0.39, 0.29) is 23.5 Å². The maximum absolute atomic E-state index is 12.1. The number of carbonyl (C=O) groups excluding carboxylic acids is 1. The first-order valence-corrected chi connectivity index (χ1v) is 9.40. The molecule has 1 aromatic carbocycles. The summed E-state index contributed by atoms with van der Waals surface area (Å²) in [6.07, 6.45) is 3.38. The topological polar surface area (TPSA) is 101 Å². The van der Waals surface area contributed by atoms with Crippen LogP contribution in [0.3, 0.4) is 0 Å². The van der Waals surface area contributed by atoms with Crippen LogP contribution in [0, 0.1) is 6.92 Å². The number of nitrogens with one attached hydrogen (secondary N) is 2. The van der Waals surface area contributed by atoms with Gasteiger partial charge in [-0.3, -0.25) is 4.79 Å². The number of carbonyl (C=O) groups is 1. The van der Waals surface area contributed by atoms with Crippen molar-refractivity contribution in [2.24, 2.45) is 0 Å². The first-order chi connectivity index (χ1) is 11.4. The van der Waals surface area contributed by atoms with E-state index >= 15 is 0 Å². The minimum atomic E-state index is -2.96. The van der Waals surface area contributed by atoms with Crippen molar-refractivity contribution in [1.29, 1.82) is 0 Å². The number of amides is 1. The molecule has 1 aliphatic rings. The fourth-order valence-corrected chi connectivity index (χ4v) is 4.12. The molecular formula is C16H18N4O3S. The summed E-state index contributed by atoms with van der Waals surface area (Å²) in [5.41, 5.74) is 2.14. The van der Waals surface area contributed by atoms with Crippen LogP contribution in [-0.4, -0.2) is 41.8 Å². The third-order valence-electron chi connectivity index (χ3n) is 3.79. The van der Waals surface area contributed by atoms with Gasteiger partial charge in [0.2, 0.25) is 5.95 Å². The van der Waals surface area contributed by atoms with Gasteiger partial charge in [-0.1, -0.05) is 17.7 Å². The molecule has 1 fully saturated rings. The molecule has 0 spiro atoms. The van der Waals surface area contributed by atoms with Crippen LogP contribution in [0.4, 0.5) is 11.6 Å². The maximum atomic E-state index is 12.1. The molecular weight excluding hydrogens is 328 g/mol. The standard InChI is InChI=1S/C16H18N4O3S/c1-11-2-4-13(5-3-11)19-15(21)12-8-17-16(18-9-12)20-14-6-7-24(22,23)10-14/h2-5,8-9,14H,6-7,10H2,1H3,(H,19,21)(H,17,18,20). The maximum Gasteiger partial charge on any atom is 0.258 e. The van der Waals surface area contributed by atoms with Crippen molar-refractivity contribution in [3.8, 4) is 0 Å². The van der Waals surface area contributed by atoms with E-state index in [4.69, 9.17) is 0 Å². The molecule has 1 atom stereocenters. The van der Waals surface area contributed by atoms with E-state index in [0.717, 1.165) is 5.56 Å². The Bertz CT molecular complexity index is 833. The van der Waals surface area contributed by atoms with Crippen molar-refractivity contribution in [2.45, 2.75) is 19.4 Å². The van der Waals surface area contributed by atoms with E-state index in [2.05, 4.69) is 20.6 Å². The van der Waals surface area contributed by atoms with Crippen molar-refractivity contribution >= 4 is 27.4 Å². The molecule has 24 heavy (non-hydrogen) atoms. The molecule has 0 saturated carbocycles. The lowest BCUT2D eigenvalue weighted by molar-refractivity contribution is 0.102. The number of aromatic nitrogens is 2. The Morgan fingerprint density at radius 1 is 1.17 bits per heavy atom. The largest absolute Gasteiger partial charge is 0.350 e. The first kappa shape index (κ1) is 16.4. The third-order valence-corrected chi connectivity index (χ3v) is 5.56. The number of hydrogen-bond donors (Lipinski definition) is 2. The highest BCUT2D eigenvalue weighted by Gasteiger charge is 2.28. The predicted molar refractivity (Wildman–Crippen MR) is 91.8 cm³/mol. The second-order valence-electron chi connectivity index (χ2n) is 5.86. The molecule has 0 radical (unpaired) electrons. The molecule has 2 heterocycles. The average Bonchev–Trinajstić information content (AvgIpc) is 2.89. The number of benzene rings is 1. The molecule has 1 aliphatic heterocycles. The lowest BCUT2D eigenvalue weighted by Gasteiger charge is -2.10. The van der Waals surface area contributed by atoms with Crippen LogP contribution in [-0.2, 0) is 9.84 Å². The van der Waals surface area contributed by atoms with Crippen LogP contribution in [0.2, 0.25) is 0 Å². The molecule has 1 aromatic heterocycles. The summed E-state index contributed by atoms with van der Waals surface area (Å²) in [6, 6.07) is 7.29. The van der Waals surface area contributed by atoms with Gasteiger partial charge in [0.15, 0.2) is 9.84 Å². The number of anilines is 2. The van der Waals surface area contributed by atoms with E-state index in [1.54, 1.807) is 0 Å². The Morgan fingerprint density at radius 2 is 1.83 bits per heavy atom. The molecule has 0 bridgehead atoms. The molecule has 8 heteroatoms. The Morgan fingerprint density at radius 3 is 2.42 bits per heavy atom. The third kappa shape index (κ3) is 4.08. The van der Waals surface area contributed by atoms with Gasteiger partial charge < -0.3 is 10.6 Å². The number of nitrogens with zero attached hydrogens (tertiary/aromatic N) is 2. The Hall–Kier alpha value is -2.48. The van der Waals surface area contributed by atoms with E-state index in [0.29, 0.717) is 23.6 Å². The summed E-state index contributed by atoms with van der Waals surface area (Å²) in [6.45, 7) is 1.97. The highest BCUT2D eigenvalue weighted by atomic mass is 32.2. The van der Waals surface area contributed by atoms with Gasteiger partial charge in [-0.15, -0.1) is 0 Å². The SMILES string of the molecule is Cc1ccc(NC(=O)c2cnc(NC3CCS(=O)(=O)C3)nc2)cc1. The fourth-order valence-electron chi connectivity index (χ4n) is 2.45. The van der Waals surface area contributed by atoms with Crippen molar-refractivity contribution in [3.63, 3.8) is 0 Å². The summed E-state index contributed by atoms with van der Waals surface area (Å²) in [4.78, 5) is 20.3. The quantitative estimate of drug-likeness (QED) is 0.873. The summed E-state index contributed by atoms with van der Waals surface area (Å²) >= 11 is 0. The first-order valence-electron chi connectivity index (χ1n) is 7.58. The molecule has 1 unspecified atom stereocenters. The van der Waals surface area contributed by atoms with Crippen molar-refractivity contribution in [3.05, 3.63) is 47.8 Å². The normalized spacial score (nSPS) is 19.0. The highest BCUT2D eigenvalue weighted by molar-refractivity contribution is 7.91. The monoisotopic (exact) mass is 346 g/mol. The number of rotatable bonds is 4. The van der Waals surface area contributed by atoms with Crippen molar-refractivity contribution in [2.75, 3.05) is 22.1 Å². The number of hydrogen-bond acceptors (Lipinski definition) is 6. The zero-order chi connectivity index (χ0) is 17.2. The van der Waals surface area contributed by atoms with Crippen LogP contribution < -0.4 is 10.6 Å². The van der Waals surface area contributed by atoms with Gasteiger partial charge in [0.1, 0.15) is 0 Å². The zero-order valence-electron chi connectivity index (χ0n) is 13.2. The van der Waals surface area contributed by atoms with Crippen LogP contribution in [0.5, 0.6) is 0 Å². The zero-order valence-corrected chi connectivity index (χ0v) is 14.0. The Balaban J connectivity index is 1.61. The summed E-state index contributed by atoms with van der Waals surface area (Å²) < 4.78 is 22.9. The van der Waals surface area contributed by atoms with Crippen LogP contribution in [0.25, 0.3) is 0 Å². The summed E-state index contributed by atoms with van der Waals surface area (Å²) in [5.74, 6) is 0.297. The lowest BCUT2D eigenvalue weighted by atomic mass is 10.2. The van der Waals surface area contributed by atoms with Crippen molar-refractivity contribution < 1.29 is 13.2 Å².